The first-order chi connectivity index (χ1) is 7.48. The van der Waals surface area contributed by atoms with E-state index in [1.807, 2.05) is 0 Å². The predicted octanol–water partition coefficient (Wildman–Crippen LogP) is 1.36. The molecule has 4 nitrogen and oxygen atoms in total. The maximum atomic E-state index is 12.6. The van der Waals surface area contributed by atoms with Gasteiger partial charge in [0, 0.05) is 25.2 Å². The Balaban J connectivity index is 2.08. The standard InChI is InChI=1S/C10H10F2N2O2/c11-10(12)3-6(4-10)16-8-1-2-14-5-7(8)9(13)15/h1-2,5-6H,3-4H2,(H2,13,15). The molecule has 2 rings (SSSR count). The van der Waals surface area contributed by atoms with E-state index in [9.17, 15) is 13.6 Å². The third-order valence-corrected chi connectivity index (χ3v) is 2.39. The lowest BCUT2D eigenvalue weighted by Gasteiger charge is -2.35. The van der Waals surface area contributed by atoms with Gasteiger partial charge in [0.25, 0.3) is 11.8 Å². The molecule has 0 aromatic carbocycles. The highest BCUT2D eigenvalue weighted by atomic mass is 19.3. The minimum Gasteiger partial charge on any atom is -0.489 e. The summed E-state index contributed by atoms with van der Waals surface area (Å²) in [5, 5.41) is 0. The number of hydrogen-bond donors (Lipinski definition) is 1. The zero-order valence-electron chi connectivity index (χ0n) is 8.32. The van der Waals surface area contributed by atoms with Gasteiger partial charge in [-0.15, -0.1) is 0 Å². The van der Waals surface area contributed by atoms with Crippen LogP contribution in [0, 0.1) is 0 Å². The van der Waals surface area contributed by atoms with Crippen LogP contribution in [0.1, 0.15) is 23.2 Å². The van der Waals surface area contributed by atoms with Gasteiger partial charge in [0.2, 0.25) is 0 Å². The van der Waals surface area contributed by atoms with Crippen LogP contribution in [0.2, 0.25) is 0 Å². The molecule has 1 aromatic rings. The van der Waals surface area contributed by atoms with Crippen LogP contribution in [0.15, 0.2) is 18.5 Å². The van der Waals surface area contributed by atoms with Gasteiger partial charge in [0.15, 0.2) is 0 Å². The van der Waals surface area contributed by atoms with Gasteiger partial charge < -0.3 is 10.5 Å². The van der Waals surface area contributed by atoms with E-state index in [0.717, 1.165) is 0 Å². The number of carbonyl (C=O) groups is 1. The molecule has 0 aliphatic heterocycles. The minimum atomic E-state index is -2.65. The van der Waals surface area contributed by atoms with E-state index in [1.54, 1.807) is 0 Å². The molecule has 1 aromatic heterocycles. The Morgan fingerprint density at radius 2 is 2.25 bits per heavy atom. The minimum absolute atomic E-state index is 0.109. The summed E-state index contributed by atoms with van der Waals surface area (Å²) in [7, 11) is 0. The molecule has 0 bridgehead atoms. The van der Waals surface area contributed by atoms with Gasteiger partial charge in [-0.3, -0.25) is 9.78 Å². The second-order valence-corrected chi connectivity index (χ2v) is 3.74. The van der Waals surface area contributed by atoms with Crippen LogP contribution in [-0.4, -0.2) is 22.9 Å². The monoisotopic (exact) mass is 228 g/mol. The average Bonchev–Trinajstić information content (AvgIpc) is 2.15. The molecular formula is C10H10F2N2O2. The Bertz CT molecular complexity index is 415. The summed E-state index contributed by atoms with van der Waals surface area (Å²) in [6.45, 7) is 0. The van der Waals surface area contributed by atoms with Crippen LogP contribution in [0.5, 0.6) is 5.75 Å². The number of rotatable bonds is 3. The highest BCUT2D eigenvalue weighted by molar-refractivity contribution is 5.95. The van der Waals surface area contributed by atoms with Crippen molar-refractivity contribution in [1.29, 1.82) is 0 Å². The largest absolute Gasteiger partial charge is 0.489 e. The van der Waals surface area contributed by atoms with Gasteiger partial charge in [-0.2, -0.15) is 0 Å². The maximum absolute atomic E-state index is 12.6. The number of amides is 1. The Morgan fingerprint density at radius 3 is 2.81 bits per heavy atom. The molecule has 1 aliphatic carbocycles. The number of primary amides is 1. The summed E-state index contributed by atoms with van der Waals surface area (Å²) >= 11 is 0. The second kappa shape index (κ2) is 3.70. The van der Waals surface area contributed by atoms with Crippen molar-refractivity contribution in [1.82, 2.24) is 4.98 Å². The van der Waals surface area contributed by atoms with Crippen LogP contribution in [0.4, 0.5) is 8.78 Å². The molecule has 0 spiro atoms. The fourth-order valence-electron chi connectivity index (χ4n) is 1.54. The number of pyridine rings is 1. The predicted molar refractivity (Wildman–Crippen MR) is 51.4 cm³/mol. The second-order valence-electron chi connectivity index (χ2n) is 3.74. The lowest BCUT2D eigenvalue weighted by molar-refractivity contribution is -0.134. The lowest BCUT2D eigenvalue weighted by atomic mass is 9.91. The molecule has 1 saturated carbocycles. The van der Waals surface area contributed by atoms with Gasteiger partial charge in [-0.05, 0) is 6.07 Å². The van der Waals surface area contributed by atoms with Crippen molar-refractivity contribution < 1.29 is 18.3 Å². The molecule has 0 atom stereocenters. The lowest BCUT2D eigenvalue weighted by Crippen LogP contribution is -2.43. The first-order valence-electron chi connectivity index (χ1n) is 4.76. The zero-order valence-corrected chi connectivity index (χ0v) is 8.32. The third-order valence-electron chi connectivity index (χ3n) is 2.39. The first-order valence-corrected chi connectivity index (χ1v) is 4.76. The molecule has 0 radical (unpaired) electrons. The number of hydrogen-bond acceptors (Lipinski definition) is 3. The average molecular weight is 228 g/mol. The number of carbonyl (C=O) groups excluding carboxylic acids is 1. The van der Waals surface area contributed by atoms with Gasteiger partial charge >= 0.3 is 0 Å². The number of alkyl halides is 2. The van der Waals surface area contributed by atoms with E-state index >= 15 is 0 Å². The molecule has 86 valence electrons. The van der Waals surface area contributed by atoms with E-state index in [-0.39, 0.29) is 24.2 Å². The Morgan fingerprint density at radius 1 is 1.56 bits per heavy atom. The van der Waals surface area contributed by atoms with E-state index in [2.05, 4.69) is 4.98 Å². The smallest absolute Gasteiger partial charge is 0.255 e. The van der Waals surface area contributed by atoms with Crippen molar-refractivity contribution in [2.24, 2.45) is 5.73 Å². The fourth-order valence-corrected chi connectivity index (χ4v) is 1.54. The molecule has 2 N–H and O–H groups in total. The number of ether oxygens (including phenoxy) is 1. The van der Waals surface area contributed by atoms with Crippen molar-refractivity contribution in [3.63, 3.8) is 0 Å². The molecule has 16 heavy (non-hydrogen) atoms. The molecule has 1 fully saturated rings. The SMILES string of the molecule is NC(=O)c1cnccc1OC1CC(F)(F)C1. The molecule has 6 heteroatoms. The van der Waals surface area contributed by atoms with Crippen LogP contribution in [0.25, 0.3) is 0 Å². The van der Waals surface area contributed by atoms with Crippen LogP contribution in [0.3, 0.4) is 0 Å². The summed E-state index contributed by atoms with van der Waals surface area (Å²) in [5.41, 5.74) is 5.20. The van der Waals surface area contributed by atoms with Crippen molar-refractivity contribution in [3.8, 4) is 5.75 Å². The Hall–Kier alpha value is -1.72. The topological polar surface area (TPSA) is 65.2 Å². The number of halogens is 2. The molecule has 0 unspecified atom stereocenters. The van der Waals surface area contributed by atoms with Crippen LogP contribution in [-0.2, 0) is 0 Å². The van der Waals surface area contributed by atoms with E-state index in [1.165, 1.54) is 18.5 Å². The molecular weight excluding hydrogens is 218 g/mol. The first kappa shape index (κ1) is 10.8. The summed E-state index contributed by atoms with van der Waals surface area (Å²) in [6.07, 6.45) is 1.46. The molecule has 1 aliphatic rings. The number of aromatic nitrogens is 1. The third kappa shape index (κ3) is 2.10. The summed E-state index contributed by atoms with van der Waals surface area (Å²) in [6, 6.07) is 1.44. The summed E-state index contributed by atoms with van der Waals surface area (Å²) in [4.78, 5) is 14.7. The number of nitrogens with zero attached hydrogens (tertiary/aromatic N) is 1. The van der Waals surface area contributed by atoms with Gasteiger partial charge in [-0.1, -0.05) is 0 Å². The van der Waals surface area contributed by atoms with Gasteiger partial charge in [0.1, 0.15) is 11.9 Å². The number of nitrogens with two attached hydrogens (primary N) is 1. The van der Waals surface area contributed by atoms with Crippen molar-refractivity contribution in [2.45, 2.75) is 24.9 Å². The molecule has 1 heterocycles. The van der Waals surface area contributed by atoms with Gasteiger partial charge in [0.05, 0.1) is 5.56 Å². The highest BCUT2D eigenvalue weighted by Gasteiger charge is 2.47. The quantitative estimate of drug-likeness (QED) is 0.849. The van der Waals surface area contributed by atoms with E-state index in [0.29, 0.717) is 0 Å². The summed E-state index contributed by atoms with van der Waals surface area (Å²) in [5.74, 6) is -3.12. The van der Waals surface area contributed by atoms with Crippen molar-refractivity contribution in [3.05, 3.63) is 24.0 Å². The maximum Gasteiger partial charge on any atom is 0.255 e. The Kier molecular flexibility index (Phi) is 2.49. The molecule has 1 amide bonds. The fraction of sp³-hybridized carbons (Fsp3) is 0.400. The molecule has 0 saturated heterocycles. The van der Waals surface area contributed by atoms with Crippen molar-refractivity contribution >= 4 is 5.91 Å². The van der Waals surface area contributed by atoms with Gasteiger partial charge in [-0.25, -0.2) is 8.78 Å². The van der Waals surface area contributed by atoms with E-state index in [4.69, 9.17) is 10.5 Å². The van der Waals surface area contributed by atoms with E-state index < -0.39 is 17.9 Å². The normalized spacial score (nSPS) is 18.9. The van der Waals surface area contributed by atoms with Crippen LogP contribution < -0.4 is 10.5 Å². The zero-order chi connectivity index (χ0) is 11.8. The van der Waals surface area contributed by atoms with Crippen LogP contribution >= 0.6 is 0 Å². The summed E-state index contributed by atoms with van der Waals surface area (Å²) < 4.78 is 30.4. The van der Waals surface area contributed by atoms with Crippen molar-refractivity contribution in [2.75, 3.05) is 0 Å². The Labute approximate surface area is 90.4 Å². The highest BCUT2D eigenvalue weighted by Crippen LogP contribution is 2.40.